The van der Waals surface area contributed by atoms with Gasteiger partial charge in [-0.25, -0.2) is 0 Å². The van der Waals surface area contributed by atoms with E-state index in [1.54, 1.807) is 17.0 Å². The number of carbonyl (C=O) groups excluding carboxylic acids is 2. The highest BCUT2D eigenvalue weighted by Crippen LogP contribution is 2.34. The number of carbonyl (C=O) groups is 2. The van der Waals surface area contributed by atoms with Gasteiger partial charge in [0.25, 0.3) is 5.91 Å². The predicted octanol–water partition coefficient (Wildman–Crippen LogP) is 2.50. The third-order valence-electron chi connectivity index (χ3n) is 4.42. The Bertz CT molecular complexity index is 835. The lowest BCUT2D eigenvalue weighted by Gasteiger charge is -2.30. The number of aryl methyl sites for hydroxylation is 1. The predicted molar refractivity (Wildman–Crippen MR) is 89.3 cm³/mol. The summed E-state index contributed by atoms with van der Waals surface area (Å²) in [6.07, 6.45) is -3.44. The Kier molecular flexibility index (Phi) is 4.78. The van der Waals surface area contributed by atoms with Crippen LogP contribution in [0.2, 0.25) is 0 Å². The highest BCUT2D eigenvalue weighted by molar-refractivity contribution is 7.17. The van der Waals surface area contributed by atoms with Gasteiger partial charge in [-0.05, 0) is 31.0 Å². The molecule has 0 bridgehead atoms. The molecule has 0 aliphatic carbocycles. The molecule has 6 nitrogen and oxygen atoms in total. The summed E-state index contributed by atoms with van der Waals surface area (Å²) in [5.74, 6) is -0.769. The monoisotopic (exact) mass is 386 g/mol. The molecule has 0 unspecified atom stereocenters. The number of hydrogen-bond acceptors (Lipinski definition) is 4. The Labute approximate surface area is 151 Å². The zero-order valence-corrected chi connectivity index (χ0v) is 14.7. The highest BCUT2D eigenvalue weighted by atomic mass is 32.1. The lowest BCUT2D eigenvalue weighted by molar-refractivity contribution is -0.143. The number of nitrogens with zero attached hydrogens (tertiary/aromatic N) is 3. The van der Waals surface area contributed by atoms with Crippen LogP contribution < -0.4 is 5.73 Å². The van der Waals surface area contributed by atoms with Gasteiger partial charge < -0.3 is 10.6 Å². The van der Waals surface area contributed by atoms with Crippen LogP contribution in [0.5, 0.6) is 0 Å². The van der Waals surface area contributed by atoms with E-state index in [9.17, 15) is 22.8 Å². The highest BCUT2D eigenvalue weighted by Gasteiger charge is 2.35. The fraction of sp³-hybridized carbons (Fsp3) is 0.438. The van der Waals surface area contributed by atoms with Gasteiger partial charge in [-0.2, -0.15) is 18.3 Å². The Morgan fingerprint density at radius 1 is 1.27 bits per heavy atom. The van der Waals surface area contributed by atoms with Crippen molar-refractivity contribution in [3.8, 4) is 10.6 Å². The first-order valence-electron chi connectivity index (χ1n) is 7.97. The first-order chi connectivity index (χ1) is 12.2. The molecule has 0 spiro atoms. The van der Waals surface area contributed by atoms with Crippen LogP contribution in [0.1, 0.15) is 28.2 Å². The van der Waals surface area contributed by atoms with Crippen molar-refractivity contribution in [3.05, 3.63) is 28.8 Å². The molecule has 0 radical (unpaired) electrons. The van der Waals surface area contributed by atoms with Crippen LogP contribution in [-0.2, 0) is 18.0 Å². The molecule has 2 aromatic rings. The number of hydrogen-bond donors (Lipinski definition) is 1. The Hall–Kier alpha value is -2.36. The molecule has 3 rings (SSSR count). The number of halogens is 3. The number of piperidine rings is 1. The summed E-state index contributed by atoms with van der Waals surface area (Å²) in [7, 11) is 1.23. The minimum Gasteiger partial charge on any atom is -0.369 e. The van der Waals surface area contributed by atoms with Gasteiger partial charge in [0, 0.05) is 26.1 Å². The van der Waals surface area contributed by atoms with Crippen molar-refractivity contribution in [1.29, 1.82) is 0 Å². The summed E-state index contributed by atoms with van der Waals surface area (Å²) >= 11 is 1.10. The molecule has 1 aliphatic heterocycles. The largest absolute Gasteiger partial charge is 0.433 e. The van der Waals surface area contributed by atoms with Crippen LogP contribution >= 0.6 is 11.3 Å². The summed E-state index contributed by atoms with van der Waals surface area (Å²) < 4.78 is 39.5. The second-order valence-electron chi connectivity index (χ2n) is 6.17. The molecular formula is C16H17F3N4O2S. The van der Waals surface area contributed by atoms with Crippen molar-refractivity contribution in [1.82, 2.24) is 14.7 Å². The van der Waals surface area contributed by atoms with E-state index in [1.165, 1.54) is 7.05 Å². The molecule has 1 fully saturated rings. The molecule has 0 atom stereocenters. The fourth-order valence-corrected chi connectivity index (χ4v) is 3.90. The zero-order chi connectivity index (χ0) is 19.1. The molecule has 10 heteroatoms. The molecular weight excluding hydrogens is 369 g/mol. The second-order valence-corrected chi connectivity index (χ2v) is 7.25. The number of primary amides is 1. The van der Waals surface area contributed by atoms with E-state index in [1.807, 2.05) is 0 Å². The molecule has 3 heterocycles. The van der Waals surface area contributed by atoms with Gasteiger partial charge in [0.1, 0.15) is 11.4 Å². The topological polar surface area (TPSA) is 81.2 Å². The molecule has 1 saturated heterocycles. The fourth-order valence-electron chi connectivity index (χ4n) is 2.97. The Balaban J connectivity index is 1.74. The van der Waals surface area contributed by atoms with Crippen LogP contribution in [0.25, 0.3) is 10.6 Å². The molecule has 140 valence electrons. The number of thiophene rings is 1. The maximum absolute atomic E-state index is 12.9. The molecule has 1 aliphatic rings. The van der Waals surface area contributed by atoms with Gasteiger partial charge in [-0.3, -0.25) is 14.3 Å². The number of alkyl halides is 3. The maximum Gasteiger partial charge on any atom is 0.433 e. The van der Waals surface area contributed by atoms with Crippen molar-refractivity contribution in [3.63, 3.8) is 0 Å². The SMILES string of the molecule is Cn1nc(-c2ccc(C(=O)N3CCC(C(N)=O)CC3)s2)cc1C(F)(F)F. The summed E-state index contributed by atoms with van der Waals surface area (Å²) in [6.45, 7) is 0.864. The van der Waals surface area contributed by atoms with Crippen LogP contribution in [0.4, 0.5) is 13.2 Å². The molecule has 26 heavy (non-hydrogen) atoms. The van der Waals surface area contributed by atoms with E-state index in [2.05, 4.69) is 5.10 Å². The van der Waals surface area contributed by atoms with E-state index < -0.39 is 11.9 Å². The third kappa shape index (κ3) is 3.59. The summed E-state index contributed by atoms with van der Waals surface area (Å²) in [5, 5.41) is 3.89. The number of nitrogens with two attached hydrogens (primary N) is 1. The van der Waals surface area contributed by atoms with E-state index in [0.717, 1.165) is 22.1 Å². The Morgan fingerprint density at radius 3 is 2.46 bits per heavy atom. The number of likely N-dealkylation sites (tertiary alicyclic amines) is 1. The quantitative estimate of drug-likeness (QED) is 0.880. The standard InChI is InChI=1S/C16H17F3N4O2S/c1-22-13(16(17,18)19)8-10(21-22)11-2-3-12(26-11)15(25)23-6-4-9(5-7-23)14(20)24/h2-3,8-9H,4-7H2,1H3,(H2,20,24). The van der Waals surface area contributed by atoms with E-state index in [0.29, 0.717) is 35.7 Å². The van der Waals surface area contributed by atoms with Crippen LogP contribution in [0, 0.1) is 5.92 Å². The van der Waals surface area contributed by atoms with Crippen LogP contribution in [-0.4, -0.2) is 39.6 Å². The average Bonchev–Trinajstić information content (AvgIpc) is 3.20. The number of amides is 2. The molecule has 2 N–H and O–H groups in total. The van der Waals surface area contributed by atoms with E-state index in [4.69, 9.17) is 5.73 Å². The maximum atomic E-state index is 12.9. The molecule has 0 aromatic carbocycles. The van der Waals surface area contributed by atoms with Gasteiger partial charge in [0.05, 0.1) is 9.75 Å². The van der Waals surface area contributed by atoms with Crippen LogP contribution in [0.3, 0.4) is 0 Å². The van der Waals surface area contributed by atoms with Crippen molar-refractivity contribution in [2.24, 2.45) is 18.7 Å². The van der Waals surface area contributed by atoms with Crippen molar-refractivity contribution in [2.75, 3.05) is 13.1 Å². The lowest BCUT2D eigenvalue weighted by Crippen LogP contribution is -2.41. The van der Waals surface area contributed by atoms with Crippen LogP contribution in [0.15, 0.2) is 18.2 Å². The number of aromatic nitrogens is 2. The summed E-state index contributed by atoms with van der Waals surface area (Å²) in [5.41, 5.74) is 4.62. The molecule has 2 aromatic heterocycles. The number of rotatable bonds is 3. The minimum absolute atomic E-state index is 0.177. The first kappa shape index (κ1) is 18.4. The van der Waals surface area contributed by atoms with Crippen molar-refractivity contribution < 1.29 is 22.8 Å². The second kappa shape index (κ2) is 6.75. The first-order valence-corrected chi connectivity index (χ1v) is 8.78. The zero-order valence-electron chi connectivity index (χ0n) is 13.9. The summed E-state index contributed by atoms with van der Waals surface area (Å²) in [6, 6.07) is 4.15. The van der Waals surface area contributed by atoms with E-state index in [-0.39, 0.29) is 23.4 Å². The summed E-state index contributed by atoms with van der Waals surface area (Å²) in [4.78, 5) is 26.3. The van der Waals surface area contributed by atoms with Gasteiger partial charge >= 0.3 is 6.18 Å². The smallest absolute Gasteiger partial charge is 0.369 e. The lowest BCUT2D eigenvalue weighted by atomic mass is 9.96. The minimum atomic E-state index is -4.49. The average molecular weight is 386 g/mol. The van der Waals surface area contributed by atoms with Gasteiger partial charge in [-0.1, -0.05) is 0 Å². The van der Waals surface area contributed by atoms with Gasteiger partial charge in [0.2, 0.25) is 5.91 Å². The van der Waals surface area contributed by atoms with Crippen molar-refractivity contribution in [2.45, 2.75) is 19.0 Å². The normalized spacial score (nSPS) is 16.1. The van der Waals surface area contributed by atoms with E-state index >= 15 is 0 Å². The Morgan fingerprint density at radius 2 is 1.92 bits per heavy atom. The molecule has 0 saturated carbocycles. The van der Waals surface area contributed by atoms with Gasteiger partial charge in [-0.15, -0.1) is 11.3 Å². The molecule has 2 amide bonds. The third-order valence-corrected chi connectivity index (χ3v) is 5.52. The van der Waals surface area contributed by atoms with Crippen molar-refractivity contribution >= 4 is 23.2 Å². The van der Waals surface area contributed by atoms with Gasteiger partial charge in [0.15, 0.2) is 0 Å².